The molecule has 0 aromatic heterocycles. The molecule has 1 aliphatic rings. The second kappa shape index (κ2) is 6.27. The molecule has 0 N–H and O–H groups in total. The molecule has 2 rings (SSSR count). The van der Waals surface area contributed by atoms with Gasteiger partial charge in [0.05, 0.1) is 19.2 Å². The fourth-order valence-corrected chi connectivity index (χ4v) is 2.21. The summed E-state index contributed by atoms with van der Waals surface area (Å²) in [7, 11) is 0. The van der Waals surface area contributed by atoms with E-state index in [0.717, 1.165) is 9.13 Å². The Bertz CT molecular complexity index is 467. The molecule has 4 nitrogen and oxygen atoms in total. The van der Waals surface area contributed by atoms with Gasteiger partial charge in [0.25, 0.3) is 0 Å². The molecule has 1 fully saturated rings. The van der Waals surface area contributed by atoms with Gasteiger partial charge in [-0.15, -0.1) is 0 Å². The van der Waals surface area contributed by atoms with Crippen LogP contribution < -0.4 is 0 Å². The van der Waals surface area contributed by atoms with Gasteiger partial charge < -0.3 is 4.74 Å². The van der Waals surface area contributed by atoms with E-state index in [-0.39, 0.29) is 5.78 Å². The molecule has 1 aliphatic heterocycles. The highest BCUT2D eigenvalue weighted by atomic mass is 127. The molecule has 0 spiro atoms. The zero-order valence-corrected chi connectivity index (χ0v) is 12.0. The van der Waals surface area contributed by atoms with Crippen LogP contribution in [0.1, 0.15) is 10.4 Å². The van der Waals surface area contributed by atoms with E-state index in [9.17, 15) is 4.79 Å². The minimum absolute atomic E-state index is 0.0880. The highest BCUT2D eigenvalue weighted by Crippen LogP contribution is 2.10. The largest absolute Gasteiger partial charge is 0.361 e. The first-order valence-electron chi connectivity index (χ1n) is 5.71. The first kappa shape index (κ1) is 13.5. The lowest BCUT2D eigenvalue weighted by Gasteiger charge is -2.28. The summed E-state index contributed by atoms with van der Waals surface area (Å²) in [5.41, 5.74) is 0.718. The molecular weight excluding hydrogens is 343 g/mol. The van der Waals surface area contributed by atoms with Gasteiger partial charge in [-0.3, -0.25) is 9.69 Å². The zero-order chi connectivity index (χ0) is 13.0. The molecule has 0 radical (unpaired) electrons. The Hall–Kier alpha value is -0.970. The maximum absolute atomic E-state index is 12.1. The van der Waals surface area contributed by atoms with Crippen molar-refractivity contribution in [2.24, 2.45) is 0 Å². The molecule has 1 heterocycles. The number of benzene rings is 1. The standard InChI is InChI=1S/C13H13IN2O2/c14-11-3-1-10(2-4-11)13(17)9-16-5-6-18-12(7-15)8-16/h1-4,12H,5-6,8-9H2. The van der Waals surface area contributed by atoms with Gasteiger partial charge in [-0.25, -0.2) is 0 Å². The van der Waals surface area contributed by atoms with Crippen molar-refractivity contribution in [1.29, 1.82) is 5.26 Å². The van der Waals surface area contributed by atoms with Crippen LogP contribution in [-0.2, 0) is 4.74 Å². The number of carbonyl (C=O) groups is 1. The average molecular weight is 356 g/mol. The molecule has 1 aromatic carbocycles. The van der Waals surface area contributed by atoms with E-state index in [1.165, 1.54) is 0 Å². The van der Waals surface area contributed by atoms with Crippen LogP contribution in [0, 0.1) is 14.9 Å². The predicted molar refractivity (Wildman–Crippen MR) is 75.3 cm³/mol. The Kier molecular flexibility index (Phi) is 4.69. The molecule has 1 aromatic rings. The molecule has 1 unspecified atom stereocenters. The third-order valence-corrected chi connectivity index (χ3v) is 3.55. The van der Waals surface area contributed by atoms with Gasteiger partial charge in [0.1, 0.15) is 0 Å². The summed E-state index contributed by atoms with van der Waals surface area (Å²) >= 11 is 2.21. The average Bonchev–Trinajstić information content (AvgIpc) is 2.39. The fourth-order valence-electron chi connectivity index (χ4n) is 1.85. The Balaban J connectivity index is 1.95. The van der Waals surface area contributed by atoms with Crippen molar-refractivity contribution in [1.82, 2.24) is 4.90 Å². The SMILES string of the molecule is N#CC1CN(CC(=O)c2ccc(I)cc2)CCO1. The normalized spacial score (nSPS) is 20.3. The quantitative estimate of drug-likeness (QED) is 0.611. The molecule has 18 heavy (non-hydrogen) atoms. The van der Waals surface area contributed by atoms with Crippen molar-refractivity contribution < 1.29 is 9.53 Å². The molecule has 0 aliphatic carbocycles. The van der Waals surface area contributed by atoms with Crippen molar-refractivity contribution in [3.05, 3.63) is 33.4 Å². The number of halogens is 1. The Morgan fingerprint density at radius 2 is 2.22 bits per heavy atom. The highest BCUT2D eigenvalue weighted by Gasteiger charge is 2.21. The van der Waals surface area contributed by atoms with Gasteiger partial charge in [-0.2, -0.15) is 5.26 Å². The first-order valence-corrected chi connectivity index (χ1v) is 6.79. The molecule has 94 valence electrons. The summed E-state index contributed by atoms with van der Waals surface area (Å²) < 4.78 is 6.36. The number of morpholine rings is 1. The lowest BCUT2D eigenvalue weighted by Crippen LogP contribution is -2.44. The molecule has 0 saturated carbocycles. The third-order valence-electron chi connectivity index (χ3n) is 2.83. The Labute approximate surface area is 120 Å². The van der Waals surface area contributed by atoms with Crippen molar-refractivity contribution in [3.63, 3.8) is 0 Å². The monoisotopic (exact) mass is 356 g/mol. The number of ketones is 1. The van der Waals surface area contributed by atoms with Crippen LogP contribution in [0.4, 0.5) is 0 Å². The van der Waals surface area contributed by atoms with Crippen LogP contribution in [0.25, 0.3) is 0 Å². The number of nitrogens with zero attached hydrogens (tertiary/aromatic N) is 2. The number of hydrogen-bond acceptors (Lipinski definition) is 4. The second-order valence-electron chi connectivity index (χ2n) is 4.15. The van der Waals surface area contributed by atoms with E-state index >= 15 is 0 Å². The van der Waals surface area contributed by atoms with Crippen molar-refractivity contribution >= 4 is 28.4 Å². The fraction of sp³-hybridized carbons (Fsp3) is 0.385. The van der Waals surface area contributed by atoms with Crippen LogP contribution in [-0.4, -0.2) is 43.0 Å². The number of ether oxygens (including phenoxy) is 1. The zero-order valence-electron chi connectivity index (χ0n) is 9.80. The van der Waals surface area contributed by atoms with Gasteiger partial charge in [0, 0.05) is 22.2 Å². The van der Waals surface area contributed by atoms with E-state index in [1.54, 1.807) is 0 Å². The van der Waals surface area contributed by atoms with Crippen LogP contribution in [0.5, 0.6) is 0 Å². The lowest BCUT2D eigenvalue weighted by atomic mass is 10.1. The van der Waals surface area contributed by atoms with E-state index in [1.807, 2.05) is 29.2 Å². The number of hydrogen-bond donors (Lipinski definition) is 0. The second-order valence-corrected chi connectivity index (χ2v) is 5.40. The Morgan fingerprint density at radius 1 is 1.50 bits per heavy atom. The van der Waals surface area contributed by atoms with Gasteiger partial charge >= 0.3 is 0 Å². The molecule has 1 atom stereocenters. The number of rotatable bonds is 3. The van der Waals surface area contributed by atoms with E-state index in [4.69, 9.17) is 10.00 Å². The first-order chi connectivity index (χ1) is 8.69. The smallest absolute Gasteiger partial charge is 0.176 e. The Morgan fingerprint density at radius 3 is 2.89 bits per heavy atom. The van der Waals surface area contributed by atoms with Gasteiger partial charge in [-0.1, -0.05) is 12.1 Å². The number of nitriles is 1. The topological polar surface area (TPSA) is 53.3 Å². The van der Waals surface area contributed by atoms with Crippen LogP contribution in [0.3, 0.4) is 0 Å². The van der Waals surface area contributed by atoms with E-state index in [2.05, 4.69) is 28.7 Å². The summed E-state index contributed by atoms with van der Waals surface area (Å²) in [4.78, 5) is 14.0. The summed E-state index contributed by atoms with van der Waals surface area (Å²) in [6, 6.07) is 9.60. The lowest BCUT2D eigenvalue weighted by molar-refractivity contribution is 0.00241. The molecule has 1 saturated heterocycles. The van der Waals surface area contributed by atoms with Crippen molar-refractivity contribution in [3.8, 4) is 6.07 Å². The highest BCUT2D eigenvalue weighted by molar-refractivity contribution is 14.1. The van der Waals surface area contributed by atoms with Crippen molar-refractivity contribution in [2.75, 3.05) is 26.2 Å². The van der Waals surface area contributed by atoms with E-state index < -0.39 is 6.10 Å². The number of Topliss-reactive ketones (excluding diaryl/α,β-unsaturated/α-hetero) is 1. The van der Waals surface area contributed by atoms with Crippen LogP contribution in [0.15, 0.2) is 24.3 Å². The third kappa shape index (κ3) is 3.51. The molecule has 0 amide bonds. The van der Waals surface area contributed by atoms with Gasteiger partial charge in [0.2, 0.25) is 0 Å². The molecule has 5 heteroatoms. The summed E-state index contributed by atoms with van der Waals surface area (Å²) in [5.74, 6) is 0.0880. The maximum atomic E-state index is 12.1. The maximum Gasteiger partial charge on any atom is 0.176 e. The van der Waals surface area contributed by atoms with Gasteiger partial charge in [0.15, 0.2) is 11.9 Å². The summed E-state index contributed by atoms with van der Waals surface area (Å²) in [6.45, 7) is 2.07. The molecule has 0 bridgehead atoms. The van der Waals surface area contributed by atoms with Crippen LogP contribution in [0.2, 0.25) is 0 Å². The summed E-state index contributed by atoms with van der Waals surface area (Å²) in [5, 5.41) is 8.80. The number of carbonyl (C=O) groups excluding carboxylic acids is 1. The summed E-state index contributed by atoms with van der Waals surface area (Å²) in [6.07, 6.45) is -0.414. The van der Waals surface area contributed by atoms with Crippen LogP contribution >= 0.6 is 22.6 Å². The minimum atomic E-state index is -0.414. The van der Waals surface area contributed by atoms with Crippen molar-refractivity contribution in [2.45, 2.75) is 6.10 Å². The van der Waals surface area contributed by atoms with E-state index in [0.29, 0.717) is 26.2 Å². The van der Waals surface area contributed by atoms with Gasteiger partial charge in [-0.05, 0) is 34.7 Å². The minimum Gasteiger partial charge on any atom is -0.361 e. The molecular formula is C13H13IN2O2. The predicted octanol–water partition coefficient (Wildman–Crippen LogP) is 1.70.